The molecule has 9 unspecified atom stereocenters. The predicted octanol–water partition coefficient (Wildman–Crippen LogP) is -1.73. The van der Waals surface area contributed by atoms with E-state index in [1.54, 1.807) is 24.3 Å². The third-order valence-corrected chi connectivity index (χ3v) is 9.97. The first kappa shape index (κ1) is 34.9. The van der Waals surface area contributed by atoms with Gasteiger partial charge in [0.1, 0.15) is 42.9 Å². The molecular formula is C35H39N5O11. The van der Waals surface area contributed by atoms with Crippen molar-refractivity contribution >= 4 is 23.2 Å². The highest BCUT2D eigenvalue weighted by Crippen LogP contribution is 2.49. The van der Waals surface area contributed by atoms with Crippen LogP contribution in [0.1, 0.15) is 61.7 Å². The molecule has 9 atom stereocenters. The Bertz CT molecular complexity index is 1860. The summed E-state index contributed by atoms with van der Waals surface area (Å²) in [5, 5.41) is 72.7. The normalized spacial score (nSPS) is 29.2. The van der Waals surface area contributed by atoms with Crippen LogP contribution < -0.4 is 31.3 Å². The van der Waals surface area contributed by atoms with Gasteiger partial charge >= 0.3 is 0 Å². The summed E-state index contributed by atoms with van der Waals surface area (Å²) in [5.41, 5.74) is 7.28. The number of fused-ring (bicyclic) bond motifs is 3. The number of nitrogens with one attached hydrogen (secondary N) is 3. The number of carbonyl (C=O) groups excluding carboxylic acids is 3. The molecule has 51 heavy (non-hydrogen) atoms. The Kier molecular flexibility index (Phi) is 9.53. The van der Waals surface area contributed by atoms with E-state index in [2.05, 4.69) is 16.0 Å². The number of ketones is 2. The zero-order valence-corrected chi connectivity index (χ0v) is 27.2. The standard InChI is InChI=1S/C35H39N5O11/c36-35-38-32-24(33(49)39-35)37-14-40(32)21-10-4-3-6-16(21)15(9-5-11-41)19-12-20-23(26(44)18-8-2-1-7-17(18)25(20)43)28(46)31(19)51-34-30(48)29(47)27(45)22(13-42)50-34/h1-4,6-8,10,12,15,22,24,27,29-30,32,34-35,37-38,41-42,45-48H,5,9,11,13-14,36H2,(H,39,49). The van der Waals surface area contributed by atoms with Gasteiger partial charge in [-0.05, 0) is 30.5 Å². The molecule has 3 saturated heterocycles. The monoisotopic (exact) mass is 705 g/mol. The van der Waals surface area contributed by atoms with E-state index >= 15 is 0 Å². The third-order valence-electron chi connectivity index (χ3n) is 9.97. The molecule has 0 spiro atoms. The summed E-state index contributed by atoms with van der Waals surface area (Å²) >= 11 is 0. The van der Waals surface area contributed by atoms with Crippen LogP contribution in [-0.4, -0.2) is 117 Å². The number of nitrogens with zero attached hydrogens (tertiary/aromatic N) is 1. The largest absolute Gasteiger partial charge is 0.504 e. The Balaban J connectivity index is 1.41. The molecule has 3 aromatic carbocycles. The van der Waals surface area contributed by atoms with Gasteiger partial charge in [-0.15, -0.1) is 0 Å². The summed E-state index contributed by atoms with van der Waals surface area (Å²) < 4.78 is 11.8. The number of hydrogen-bond donors (Lipinski definition) is 10. The van der Waals surface area contributed by atoms with Crippen LogP contribution in [0.3, 0.4) is 0 Å². The van der Waals surface area contributed by atoms with Gasteiger partial charge in [0.25, 0.3) is 0 Å². The Morgan fingerprint density at radius 3 is 2.35 bits per heavy atom. The van der Waals surface area contributed by atoms with Gasteiger partial charge in [-0.3, -0.25) is 30.8 Å². The molecule has 0 bridgehead atoms. The first-order chi connectivity index (χ1) is 24.5. The van der Waals surface area contributed by atoms with Gasteiger partial charge in [-0.1, -0.05) is 42.5 Å². The number of rotatable bonds is 9. The minimum atomic E-state index is -1.87. The van der Waals surface area contributed by atoms with Gasteiger partial charge < -0.3 is 50.3 Å². The number of para-hydroxylation sites is 1. The van der Waals surface area contributed by atoms with E-state index in [4.69, 9.17) is 15.2 Å². The molecule has 3 aromatic rings. The van der Waals surface area contributed by atoms with Crippen molar-refractivity contribution in [2.24, 2.45) is 5.73 Å². The first-order valence-corrected chi connectivity index (χ1v) is 16.6. The molecule has 3 fully saturated rings. The van der Waals surface area contributed by atoms with Crippen molar-refractivity contribution in [1.82, 2.24) is 16.0 Å². The summed E-state index contributed by atoms with van der Waals surface area (Å²) in [5.74, 6) is -3.31. The van der Waals surface area contributed by atoms with E-state index in [9.17, 15) is 45.0 Å². The van der Waals surface area contributed by atoms with Gasteiger partial charge in [0.05, 0.1) is 18.8 Å². The number of phenols is 1. The van der Waals surface area contributed by atoms with Gasteiger partial charge in [0.15, 0.2) is 23.1 Å². The van der Waals surface area contributed by atoms with Crippen molar-refractivity contribution in [1.29, 1.82) is 0 Å². The van der Waals surface area contributed by atoms with Crippen molar-refractivity contribution < 1.29 is 54.5 Å². The highest BCUT2D eigenvalue weighted by Gasteiger charge is 2.47. The summed E-state index contributed by atoms with van der Waals surface area (Å²) in [6.45, 7) is -0.735. The topological polar surface area (TPSA) is 256 Å². The summed E-state index contributed by atoms with van der Waals surface area (Å²) in [6.07, 6.45) is -9.40. The highest BCUT2D eigenvalue weighted by molar-refractivity contribution is 6.29. The number of nitrogens with two attached hydrogens (primary N) is 1. The molecule has 1 aliphatic carbocycles. The number of hydrogen-bond acceptors (Lipinski definition) is 15. The van der Waals surface area contributed by atoms with Crippen LogP contribution in [0.4, 0.5) is 5.69 Å². The van der Waals surface area contributed by atoms with Crippen molar-refractivity contribution in [3.63, 3.8) is 0 Å². The van der Waals surface area contributed by atoms with E-state index in [1.165, 1.54) is 18.2 Å². The minimum Gasteiger partial charge on any atom is -0.504 e. The van der Waals surface area contributed by atoms with E-state index in [0.717, 1.165) is 0 Å². The highest BCUT2D eigenvalue weighted by atomic mass is 16.7. The van der Waals surface area contributed by atoms with E-state index in [0.29, 0.717) is 11.3 Å². The summed E-state index contributed by atoms with van der Waals surface area (Å²) in [6, 6.07) is 14.2. The average Bonchev–Trinajstić information content (AvgIpc) is 3.56. The number of aliphatic hydroxyl groups is 5. The molecule has 3 heterocycles. The fraction of sp³-hybridized carbons (Fsp3) is 0.400. The van der Waals surface area contributed by atoms with Crippen LogP contribution in [0.15, 0.2) is 54.6 Å². The van der Waals surface area contributed by atoms with E-state index < -0.39 is 79.0 Å². The van der Waals surface area contributed by atoms with Crippen LogP contribution in [0.2, 0.25) is 0 Å². The average molecular weight is 706 g/mol. The lowest BCUT2D eigenvalue weighted by molar-refractivity contribution is -0.277. The van der Waals surface area contributed by atoms with Crippen LogP contribution in [0.25, 0.3) is 0 Å². The van der Waals surface area contributed by atoms with Gasteiger partial charge in [-0.25, -0.2) is 0 Å². The zero-order valence-electron chi connectivity index (χ0n) is 27.2. The first-order valence-electron chi connectivity index (χ1n) is 16.6. The molecule has 4 aliphatic rings. The maximum atomic E-state index is 14.0. The van der Waals surface area contributed by atoms with Crippen LogP contribution in [0.5, 0.6) is 11.5 Å². The SMILES string of the molecule is NC1NC(=O)C2NCN(c3ccccc3C(CCCO)c3cc4c(c(O)c3OC3OC(CO)C(O)C(O)C3O)C(=O)c3ccccc3C4=O)C2N1. The summed E-state index contributed by atoms with van der Waals surface area (Å²) in [7, 11) is 0. The molecular weight excluding hydrogens is 666 g/mol. The third kappa shape index (κ3) is 5.93. The lowest BCUT2D eigenvalue weighted by atomic mass is 9.78. The smallest absolute Gasteiger partial charge is 0.242 e. The Hall–Kier alpha value is -4.49. The number of carbonyl (C=O) groups is 3. The Labute approximate surface area is 291 Å². The van der Waals surface area contributed by atoms with Crippen molar-refractivity contribution in [2.45, 2.75) is 68.0 Å². The molecule has 0 aromatic heterocycles. The number of benzene rings is 3. The van der Waals surface area contributed by atoms with Crippen LogP contribution in [0, 0.1) is 0 Å². The molecule has 11 N–H and O–H groups in total. The number of aromatic hydroxyl groups is 1. The van der Waals surface area contributed by atoms with Crippen molar-refractivity contribution in [2.75, 3.05) is 24.8 Å². The molecule has 270 valence electrons. The Morgan fingerprint density at radius 2 is 1.63 bits per heavy atom. The quantitative estimate of drug-likeness (QED) is 0.0929. The molecule has 3 aliphatic heterocycles. The minimum absolute atomic E-state index is 0.0670. The van der Waals surface area contributed by atoms with E-state index in [1.807, 2.05) is 17.0 Å². The number of anilines is 1. The maximum Gasteiger partial charge on any atom is 0.242 e. The molecule has 1 amide bonds. The zero-order chi connectivity index (χ0) is 36.1. The lowest BCUT2D eigenvalue weighted by Gasteiger charge is -2.40. The molecule has 0 radical (unpaired) electrons. The second-order valence-corrected chi connectivity index (χ2v) is 13.0. The molecule has 7 rings (SSSR count). The van der Waals surface area contributed by atoms with Crippen LogP contribution >= 0.6 is 0 Å². The van der Waals surface area contributed by atoms with Gasteiger partial charge in [-0.2, -0.15) is 0 Å². The molecule has 16 heteroatoms. The van der Waals surface area contributed by atoms with Crippen molar-refractivity contribution in [3.8, 4) is 11.5 Å². The second-order valence-electron chi connectivity index (χ2n) is 13.0. The predicted molar refractivity (Wildman–Crippen MR) is 178 cm³/mol. The molecule has 16 nitrogen and oxygen atoms in total. The fourth-order valence-corrected chi connectivity index (χ4v) is 7.43. The molecule has 0 saturated carbocycles. The van der Waals surface area contributed by atoms with Crippen LogP contribution in [-0.2, 0) is 9.53 Å². The number of phenolic OH excluding ortho intramolecular Hbond substituents is 1. The Morgan fingerprint density at radius 1 is 0.922 bits per heavy atom. The summed E-state index contributed by atoms with van der Waals surface area (Å²) in [4.78, 5) is 42.5. The second kappa shape index (κ2) is 13.9. The fourth-order valence-electron chi connectivity index (χ4n) is 7.43. The number of amides is 1. The number of aliphatic hydroxyl groups excluding tert-OH is 5. The lowest BCUT2D eigenvalue weighted by Crippen LogP contribution is -2.70. The van der Waals surface area contributed by atoms with Crippen molar-refractivity contribution in [3.05, 3.63) is 88.0 Å². The maximum absolute atomic E-state index is 14.0. The van der Waals surface area contributed by atoms with Gasteiger partial charge in [0.2, 0.25) is 12.2 Å². The van der Waals surface area contributed by atoms with E-state index in [-0.39, 0.29) is 65.6 Å². The number of ether oxygens (including phenoxy) is 2. The van der Waals surface area contributed by atoms with Gasteiger partial charge in [0, 0.05) is 40.5 Å².